The number of aromatic amines is 1. The fourth-order valence-corrected chi connectivity index (χ4v) is 5.03. The van der Waals surface area contributed by atoms with E-state index in [-0.39, 0.29) is 28.4 Å². The molecule has 1 saturated carbocycles. The minimum atomic E-state index is -0.299. The SMILES string of the molecule is CC1(C)C[C@@]2(C[C@@H]2C(=O)NCc2cc(=O)[nH]c3ccccc23)c2ccccc2O1. The van der Waals surface area contributed by atoms with Crippen molar-refractivity contribution in [2.75, 3.05) is 0 Å². The van der Waals surface area contributed by atoms with E-state index < -0.39 is 0 Å². The Hall–Kier alpha value is -3.08. The van der Waals surface area contributed by atoms with Gasteiger partial charge in [0.05, 0.1) is 0 Å². The minimum Gasteiger partial charge on any atom is -0.488 e. The van der Waals surface area contributed by atoms with Crippen LogP contribution in [0.2, 0.25) is 0 Å². The molecule has 1 spiro atoms. The second kappa shape index (κ2) is 6.21. The molecule has 29 heavy (non-hydrogen) atoms. The zero-order valence-corrected chi connectivity index (χ0v) is 16.6. The van der Waals surface area contributed by atoms with E-state index in [9.17, 15) is 9.59 Å². The average molecular weight is 388 g/mol. The highest BCUT2D eigenvalue weighted by atomic mass is 16.5. The van der Waals surface area contributed by atoms with Crippen LogP contribution in [0.15, 0.2) is 59.4 Å². The molecule has 1 amide bonds. The molecule has 5 heteroatoms. The maximum absolute atomic E-state index is 13.1. The Balaban J connectivity index is 1.38. The van der Waals surface area contributed by atoms with E-state index in [1.807, 2.05) is 42.5 Å². The van der Waals surface area contributed by atoms with E-state index in [4.69, 9.17) is 4.74 Å². The van der Waals surface area contributed by atoms with Gasteiger partial charge in [0.2, 0.25) is 11.5 Å². The molecule has 3 aromatic rings. The number of hydrogen-bond donors (Lipinski definition) is 2. The van der Waals surface area contributed by atoms with Crippen LogP contribution in [0.4, 0.5) is 0 Å². The summed E-state index contributed by atoms with van der Waals surface area (Å²) < 4.78 is 6.14. The molecule has 2 N–H and O–H groups in total. The predicted octanol–water partition coefficient (Wildman–Crippen LogP) is 3.66. The fraction of sp³-hybridized carbons (Fsp3) is 0.333. The summed E-state index contributed by atoms with van der Waals surface area (Å²) in [7, 11) is 0. The van der Waals surface area contributed by atoms with Gasteiger partial charge in [-0.15, -0.1) is 0 Å². The minimum absolute atomic E-state index is 0.0434. The number of ether oxygens (including phenoxy) is 1. The zero-order valence-electron chi connectivity index (χ0n) is 16.6. The van der Waals surface area contributed by atoms with Gasteiger partial charge in [0.1, 0.15) is 11.4 Å². The van der Waals surface area contributed by atoms with Crippen LogP contribution in [0.25, 0.3) is 10.9 Å². The first kappa shape index (κ1) is 18.0. The molecule has 148 valence electrons. The number of rotatable bonds is 3. The van der Waals surface area contributed by atoms with Gasteiger partial charge in [-0.25, -0.2) is 0 Å². The number of carbonyl (C=O) groups is 1. The van der Waals surface area contributed by atoms with Crippen LogP contribution >= 0.6 is 0 Å². The molecule has 1 fully saturated rings. The van der Waals surface area contributed by atoms with Gasteiger partial charge in [0.15, 0.2) is 0 Å². The van der Waals surface area contributed by atoms with Gasteiger partial charge in [-0.3, -0.25) is 9.59 Å². The number of nitrogens with one attached hydrogen (secondary N) is 2. The first-order valence-electron chi connectivity index (χ1n) is 10.1. The highest BCUT2D eigenvalue weighted by Gasteiger charge is 2.63. The van der Waals surface area contributed by atoms with E-state index in [0.717, 1.165) is 40.6 Å². The van der Waals surface area contributed by atoms with Crippen LogP contribution in [-0.2, 0) is 16.8 Å². The molecule has 2 atom stereocenters. The summed E-state index contributed by atoms with van der Waals surface area (Å²) in [6.07, 6.45) is 1.65. The van der Waals surface area contributed by atoms with E-state index in [1.165, 1.54) is 0 Å². The third-order valence-corrected chi connectivity index (χ3v) is 6.23. The third kappa shape index (κ3) is 3.01. The lowest BCUT2D eigenvalue weighted by molar-refractivity contribution is -0.123. The van der Waals surface area contributed by atoms with E-state index in [0.29, 0.717) is 6.54 Å². The number of fused-ring (bicyclic) bond motifs is 3. The Kier molecular flexibility index (Phi) is 3.85. The monoisotopic (exact) mass is 388 g/mol. The second-order valence-electron chi connectivity index (χ2n) is 8.87. The standard InChI is InChI=1S/C24H24N2O3/c1-23(2)14-24(17-8-4-6-10-20(17)29-23)12-18(24)22(28)25-13-15-11-21(27)26-19-9-5-3-7-16(15)19/h3-11,18H,12-14H2,1-2H3,(H,25,28)(H,26,27)/t18-,24+/m1/s1. The average Bonchev–Trinajstić information content (AvgIpc) is 3.38. The summed E-state index contributed by atoms with van der Waals surface area (Å²) in [6.45, 7) is 4.51. The molecule has 2 aromatic carbocycles. The number of benzene rings is 2. The number of hydrogen-bond acceptors (Lipinski definition) is 3. The topological polar surface area (TPSA) is 71.2 Å². The number of carbonyl (C=O) groups excluding carboxylic acids is 1. The largest absolute Gasteiger partial charge is 0.488 e. The summed E-state index contributed by atoms with van der Waals surface area (Å²) in [6, 6.07) is 17.3. The van der Waals surface area contributed by atoms with E-state index in [2.05, 4.69) is 30.2 Å². The number of aromatic nitrogens is 1. The van der Waals surface area contributed by atoms with Crippen molar-refractivity contribution in [2.45, 2.75) is 44.2 Å². The molecule has 1 aromatic heterocycles. The van der Waals surface area contributed by atoms with Gasteiger partial charge in [-0.2, -0.15) is 0 Å². The molecule has 1 aliphatic carbocycles. The maximum atomic E-state index is 13.1. The molecule has 0 unspecified atom stereocenters. The summed E-state index contributed by atoms with van der Waals surface area (Å²) >= 11 is 0. The number of amides is 1. The first-order chi connectivity index (χ1) is 13.9. The van der Waals surface area contributed by atoms with Crippen molar-refractivity contribution in [1.82, 2.24) is 10.3 Å². The maximum Gasteiger partial charge on any atom is 0.248 e. The van der Waals surface area contributed by atoms with E-state index in [1.54, 1.807) is 6.07 Å². The van der Waals surface area contributed by atoms with Crippen molar-refractivity contribution in [3.05, 3.63) is 76.1 Å². The van der Waals surface area contributed by atoms with Crippen molar-refractivity contribution in [2.24, 2.45) is 5.92 Å². The number of H-pyrrole nitrogens is 1. The van der Waals surface area contributed by atoms with Crippen LogP contribution in [0, 0.1) is 5.92 Å². The van der Waals surface area contributed by atoms with Crippen molar-refractivity contribution >= 4 is 16.8 Å². The van der Waals surface area contributed by atoms with Crippen molar-refractivity contribution < 1.29 is 9.53 Å². The van der Waals surface area contributed by atoms with Crippen molar-refractivity contribution in [1.29, 1.82) is 0 Å². The Morgan fingerprint density at radius 2 is 1.93 bits per heavy atom. The van der Waals surface area contributed by atoms with Gasteiger partial charge in [-0.1, -0.05) is 36.4 Å². The lowest BCUT2D eigenvalue weighted by Gasteiger charge is -2.38. The van der Waals surface area contributed by atoms with Gasteiger partial charge in [-0.05, 0) is 44.4 Å². The summed E-state index contributed by atoms with van der Waals surface area (Å²) in [5.74, 6) is 0.863. The van der Waals surface area contributed by atoms with Gasteiger partial charge in [0.25, 0.3) is 0 Å². The van der Waals surface area contributed by atoms with Crippen molar-refractivity contribution in [3.63, 3.8) is 0 Å². The summed E-state index contributed by atoms with van der Waals surface area (Å²) in [5, 5.41) is 4.03. The lowest BCUT2D eigenvalue weighted by atomic mass is 9.80. The number of para-hydroxylation sites is 2. The molecule has 0 bridgehead atoms. The Morgan fingerprint density at radius 3 is 2.79 bits per heavy atom. The summed E-state index contributed by atoms with van der Waals surface area (Å²) in [5.41, 5.74) is 2.15. The van der Waals surface area contributed by atoms with E-state index >= 15 is 0 Å². The highest BCUT2D eigenvalue weighted by molar-refractivity contribution is 5.86. The van der Waals surface area contributed by atoms with Crippen LogP contribution in [0.5, 0.6) is 5.75 Å². The molecule has 5 rings (SSSR count). The Bertz CT molecular complexity index is 1180. The van der Waals surface area contributed by atoms with Crippen LogP contribution in [0.1, 0.15) is 37.8 Å². The van der Waals surface area contributed by atoms with Crippen LogP contribution in [-0.4, -0.2) is 16.5 Å². The normalized spacial score (nSPS) is 24.0. The van der Waals surface area contributed by atoms with Crippen LogP contribution in [0.3, 0.4) is 0 Å². The molecule has 2 heterocycles. The molecular weight excluding hydrogens is 364 g/mol. The predicted molar refractivity (Wildman–Crippen MR) is 112 cm³/mol. The molecule has 1 aliphatic heterocycles. The third-order valence-electron chi connectivity index (χ3n) is 6.23. The quantitative estimate of drug-likeness (QED) is 0.719. The van der Waals surface area contributed by atoms with Gasteiger partial charge < -0.3 is 15.0 Å². The Morgan fingerprint density at radius 1 is 1.17 bits per heavy atom. The van der Waals surface area contributed by atoms with Gasteiger partial charge in [0, 0.05) is 40.4 Å². The summed E-state index contributed by atoms with van der Waals surface area (Å²) in [4.78, 5) is 27.9. The Labute approximate surface area is 169 Å². The van der Waals surface area contributed by atoms with Crippen molar-refractivity contribution in [3.8, 4) is 5.75 Å². The highest BCUT2D eigenvalue weighted by Crippen LogP contribution is 2.63. The van der Waals surface area contributed by atoms with Crippen LogP contribution < -0.4 is 15.6 Å². The van der Waals surface area contributed by atoms with Gasteiger partial charge >= 0.3 is 0 Å². The molecule has 0 saturated heterocycles. The second-order valence-corrected chi connectivity index (χ2v) is 8.87. The smallest absolute Gasteiger partial charge is 0.248 e. The lowest BCUT2D eigenvalue weighted by Crippen LogP contribution is -2.40. The molecule has 5 nitrogen and oxygen atoms in total. The molecule has 0 radical (unpaired) electrons. The number of pyridine rings is 1. The zero-order chi connectivity index (χ0) is 20.2. The molecular formula is C24H24N2O3. The first-order valence-corrected chi connectivity index (χ1v) is 10.1. The fourth-order valence-electron chi connectivity index (χ4n) is 5.03. The molecule has 2 aliphatic rings.